The topological polar surface area (TPSA) is 155 Å². The normalized spacial score (nSPS) is 10.1. The lowest BCUT2D eigenvalue weighted by Crippen LogP contribution is -2.13. The number of anilines is 1. The summed E-state index contributed by atoms with van der Waals surface area (Å²) >= 11 is 0.936. The van der Waals surface area contributed by atoms with Crippen LogP contribution in [0.15, 0.2) is 23.6 Å². The van der Waals surface area contributed by atoms with E-state index in [4.69, 9.17) is 4.74 Å². The molecule has 0 bridgehead atoms. The van der Waals surface area contributed by atoms with E-state index in [-0.39, 0.29) is 23.0 Å². The van der Waals surface area contributed by atoms with Crippen LogP contribution in [0.3, 0.4) is 0 Å². The van der Waals surface area contributed by atoms with Crippen LogP contribution in [0.2, 0.25) is 0 Å². The third kappa shape index (κ3) is 4.32. The largest absolute Gasteiger partial charge is 0.461 e. The Hall–Kier alpha value is -3.41. The molecule has 1 N–H and O–H groups in total. The first kappa shape index (κ1) is 17.9. The number of amides is 1. The average molecular weight is 366 g/mol. The molecule has 25 heavy (non-hydrogen) atoms. The van der Waals surface area contributed by atoms with Gasteiger partial charge in [-0.05, 0) is 6.92 Å². The molecule has 0 aliphatic heterocycles. The van der Waals surface area contributed by atoms with Gasteiger partial charge in [0.1, 0.15) is 0 Å². The first-order valence-corrected chi connectivity index (χ1v) is 7.57. The highest BCUT2D eigenvalue weighted by Crippen LogP contribution is 2.24. The summed E-state index contributed by atoms with van der Waals surface area (Å²) in [6.45, 7) is 1.79. The highest BCUT2D eigenvalue weighted by Gasteiger charge is 2.21. The van der Waals surface area contributed by atoms with Gasteiger partial charge in [-0.1, -0.05) is 0 Å². The molecule has 130 valence electrons. The lowest BCUT2D eigenvalue weighted by atomic mass is 10.1. The second kappa shape index (κ2) is 7.44. The second-order valence-electron chi connectivity index (χ2n) is 4.46. The predicted octanol–water partition coefficient (Wildman–Crippen LogP) is 2.39. The Morgan fingerprint density at radius 3 is 2.32 bits per heavy atom. The lowest BCUT2D eigenvalue weighted by molar-refractivity contribution is -0.394. The van der Waals surface area contributed by atoms with Crippen molar-refractivity contribution >= 4 is 39.7 Å². The number of ether oxygens (including phenoxy) is 1. The Kier molecular flexibility index (Phi) is 5.34. The number of aromatic nitrogens is 1. The average Bonchev–Trinajstić information content (AvgIpc) is 3.03. The summed E-state index contributed by atoms with van der Waals surface area (Å²) in [4.78, 5) is 47.5. The molecule has 0 aliphatic rings. The number of benzene rings is 1. The Morgan fingerprint density at radius 1 is 1.20 bits per heavy atom. The van der Waals surface area contributed by atoms with Crippen molar-refractivity contribution in [1.29, 1.82) is 0 Å². The first-order chi connectivity index (χ1) is 11.8. The molecule has 0 radical (unpaired) electrons. The standard InChI is InChI=1S/C13H10N4O7S/c1-2-24-12(19)10-6-25-13(14-10)15-11(18)7-3-8(16(20)21)5-9(4-7)17(22)23/h3-6H,2H2,1H3,(H,14,15,18). The number of rotatable bonds is 6. The van der Waals surface area contributed by atoms with E-state index in [0.29, 0.717) is 0 Å². The Bertz CT molecular complexity index is 832. The summed E-state index contributed by atoms with van der Waals surface area (Å²) in [5, 5.41) is 25.4. The number of non-ortho nitro benzene ring substituents is 2. The number of carbonyl (C=O) groups is 2. The van der Waals surface area contributed by atoms with Crippen LogP contribution in [-0.2, 0) is 4.74 Å². The van der Waals surface area contributed by atoms with Crippen molar-refractivity contribution in [2.24, 2.45) is 0 Å². The van der Waals surface area contributed by atoms with Crippen molar-refractivity contribution < 1.29 is 24.2 Å². The van der Waals surface area contributed by atoms with Crippen LogP contribution in [0.4, 0.5) is 16.5 Å². The Labute approximate surface area is 143 Å². The number of nitrogens with zero attached hydrogens (tertiary/aromatic N) is 3. The molecule has 0 saturated heterocycles. The van der Waals surface area contributed by atoms with E-state index < -0.39 is 33.1 Å². The molecule has 0 aliphatic carbocycles. The first-order valence-electron chi connectivity index (χ1n) is 6.69. The molecule has 0 atom stereocenters. The number of nitrogens with one attached hydrogen (secondary N) is 1. The van der Waals surface area contributed by atoms with Crippen molar-refractivity contribution in [3.8, 4) is 0 Å². The van der Waals surface area contributed by atoms with Gasteiger partial charge < -0.3 is 4.74 Å². The van der Waals surface area contributed by atoms with E-state index in [2.05, 4.69) is 10.3 Å². The van der Waals surface area contributed by atoms with Crippen LogP contribution in [0, 0.1) is 20.2 Å². The van der Waals surface area contributed by atoms with Crippen molar-refractivity contribution in [2.75, 3.05) is 11.9 Å². The molecule has 1 aromatic carbocycles. The number of thiazole rings is 1. The van der Waals surface area contributed by atoms with Crippen LogP contribution in [0.25, 0.3) is 0 Å². The number of esters is 1. The van der Waals surface area contributed by atoms with E-state index in [9.17, 15) is 29.8 Å². The molecule has 0 unspecified atom stereocenters. The Morgan fingerprint density at radius 2 is 1.80 bits per heavy atom. The lowest BCUT2D eigenvalue weighted by Gasteiger charge is -2.02. The minimum Gasteiger partial charge on any atom is -0.461 e. The number of hydrogen-bond donors (Lipinski definition) is 1. The molecular formula is C13H10N4O7S. The van der Waals surface area contributed by atoms with Crippen molar-refractivity contribution in [2.45, 2.75) is 6.92 Å². The third-order valence-corrected chi connectivity index (χ3v) is 3.55. The molecule has 2 aromatic rings. The molecule has 12 heteroatoms. The molecule has 1 heterocycles. The van der Waals surface area contributed by atoms with Crippen LogP contribution < -0.4 is 5.32 Å². The minimum atomic E-state index is -0.841. The third-order valence-electron chi connectivity index (χ3n) is 2.80. The molecule has 11 nitrogen and oxygen atoms in total. The van der Waals surface area contributed by atoms with Gasteiger partial charge in [0.25, 0.3) is 17.3 Å². The molecule has 1 aromatic heterocycles. The van der Waals surface area contributed by atoms with Crippen LogP contribution in [0.1, 0.15) is 27.8 Å². The maximum atomic E-state index is 12.2. The van der Waals surface area contributed by atoms with E-state index in [0.717, 1.165) is 29.5 Å². The smallest absolute Gasteiger partial charge is 0.357 e. The summed E-state index contributed by atoms with van der Waals surface area (Å²) < 4.78 is 4.76. The van der Waals surface area contributed by atoms with Gasteiger partial charge in [0.2, 0.25) is 0 Å². The molecule has 0 spiro atoms. The van der Waals surface area contributed by atoms with E-state index in [1.54, 1.807) is 6.92 Å². The molecule has 2 rings (SSSR count). The number of carbonyl (C=O) groups excluding carboxylic acids is 2. The number of nitro benzene ring substituents is 2. The summed E-state index contributed by atoms with van der Waals surface area (Å²) in [7, 11) is 0. The van der Waals surface area contributed by atoms with Gasteiger partial charge in [-0.3, -0.25) is 30.3 Å². The summed E-state index contributed by atoms with van der Waals surface area (Å²) in [5.41, 5.74) is -1.47. The van der Waals surface area contributed by atoms with Crippen molar-refractivity contribution in [1.82, 2.24) is 4.98 Å². The van der Waals surface area contributed by atoms with Gasteiger partial charge in [-0.25, -0.2) is 9.78 Å². The van der Waals surface area contributed by atoms with Crippen LogP contribution >= 0.6 is 11.3 Å². The van der Waals surface area contributed by atoms with Gasteiger partial charge in [-0.15, -0.1) is 11.3 Å². The SMILES string of the molecule is CCOC(=O)c1csc(NC(=O)c2cc([N+](=O)[O-])cc([N+](=O)[O-])c2)n1. The van der Waals surface area contributed by atoms with Crippen LogP contribution in [-0.4, -0.2) is 33.3 Å². The van der Waals surface area contributed by atoms with Gasteiger partial charge in [0.15, 0.2) is 10.8 Å². The zero-order valence-corrected chi connectivity index (χ0v) is 13.4. The fraction of sp³-hybridized carbons (Fsp3) is 0.154. The summed E-state index contributed by atoms with van der Waals surface area (Å²) in [6, 6.07) is 2.56. The highest BCUT2D eigenvalue weighted by molar-refractivity contribution is 7.14. The second-order valence-corrected chi connectivity index (χ2v) is 5.32. The van der Waals surface area contributed by atoms with E-state index in [1.165, 1.54) is 5.38 Å². The maximum Gasteiger partial charge on any atom is 0.357 e. The Balaban J connectivity index is 2.25. The molecular weight excluding hydrogens is 356 g/mol. The zero-order chi connectivity index (χ0) is 18.6. The predicted molar refractivity (Wildman–Crippen MR) is 85.8 cm³/mol. The van der Waals surface area contributed by atoms with Crippen molar-refractivity contribution in [3.05, 3.63) is 55.1 Å². The van der Waals surface area contributed by atoms with Gasteiger partial charge in [0, 0.05) is 17.5 Å². The van der Waals surface area contributed by atoms with E-state index in [1.807, 2.05) is 0 Å². The van der Waals surface area contributed by atoms with Gasteiger partial charge in [-0.2, -0.15) is 0 Å². The molecule has 1 amide bonds. The molecule has 0 fully saturated rings. The molecule has 0 saturated carbocycles. The highest BCUT2D eigenvalue weighted by atomic mass is 32.1. The van der Waals surface area contributed by atoms with Crippen LogP contribution in [0.5, 0.6) is 0 Å². The fourth-order valence-corrected chi connectivity index (χ4v) is 2.41. The van der Waals surface area contributed by atoms with E-state index >= 15 is 0 Å². The summed E-state index contributed by atoms with van der Waals surface area (Å²) in [5.74, 6) is -1.50. The quantitative estimate of drug-likeness (QED) is 0.464. The number of hydrogen-bond acceptors (Lipinski definition) is 9. The summed E-state index contributed by atoms with van der Waals surface area (Å²) in [6.07, 6.45) is 0. The van der Waals surface area contributed by atoms with Gasteiger partial charge >= 0.3 is 5.97 Å². The fourth-order valence-electron chi connectivity index (χ4n) is 1.74. The number of nitro groups is 2. The van der Waals surface area contributed by atoms with Gasteiger partial charge in [0.05, 0.1) is 28.1 Å². The minimum absolute atomic E-state index is 0.00725. The zero-order valence-electron chi connectivity index (χ0n) is 12.6. The monoisotopic (exact) mass is 366 g/mol. The maximum absolute atomic E-state index is 12.2. The van der Waals surface area contributed by atoms with Crippen molar-refractivity contribution in [3.63, 3.8) is 0 Å².